The van der Waals surface area contributed by atoms with E-state index in [9.17, 15) is 0 Å². The quantitative estimate of drug-likeness (QED) is 0.776. The van der Waals surface area contributed by atoms with Crippen LogP contribution >= 0.6 is 22.9 Å². The van der Waals surface area contributed by atoms with Gasteiger partial charge < -0.3 is 9.80 Å². The molecule has 1 aromatic rings. The standard InChI is InChI=1S/C13H22ClN3S/c1-11-9-17(7-6-16(11)2)5-3-4-13-15-12(8-14)10-18-13/h10-11H,3-9H2,1-2H3. The van der Waals surface area contributed by atoms with Gasteiger partial charge in [-0.15, -0.1) is 22.9 Å². The van der Waals surface area contributed by atoms with Crippen molar-refractivity contribution in [2.75, 3.05) is 33.2 Å². The fourth-order valence-corrected chi connectivity index (χ4v) is 3.37. The summed E-state index contributed by atoms with van der Waals surface area (Å²) < 4.78 is 0. The number of hydrogen-bond acceptors (Lipinski definition) is 4. The second-order valence-corrected chi connectivity index (χ2v) is 6.31. The Labute approximate surface area is 119 Å². The number of piperazine rings is 1. The van der Waals surface area contributed by atoms with Gasteiger partial charge in [0.1, 0.15) is 0 Å². The minimum absolute atomic E-state index is 0.534. The summed E-state index contributed by atoms with van der Waals surface area (Å²) in [5, 5.41) is 3.30. The SMILES string of the molecule is CC1CN(CCCc2nc(CCl)cs2)CCN1C. The first-order valence-electron chi connectivity index (χ1n) is 6.61. The highest BCUT2D eigenvalue weighted by Crippen LogP contribution is 2.14. The van der Waals surface area contributed by atoms with E-state index >= 15 is 0 Å². The predicted octanol–water partition coefficient (Wildman–Crippen LogP) is 2.45. The molecule has 0 aromatic carbocycles. The van der Waals surface area contributed by atoms with E-state index in [-0.39, 0.29) is 0 Å². The molecule has 0 saturated carbocycles. The largest absolute Gasteiger partial charge is 0.301 e. The number of thiazole rings is 1. The van der Waals surface area contributed by atoms with E-state index < -0.39 is 0 Å². The summed E-state index contributed by atoms with van der Waals surface area (Å²) in [5.41, 5.74) is 1.02. The number of nitrogens with zero attached hydrogens (tertiary/aromatic N) is 3. The summed E-state index contributed by atoms with van der Waals surface area (Å²) >= 11 is 7.50. The van der Waals surface area contributed by atoms with Gasteiger partial charge in [0.25, 0.3) is 0 Å². The third-order valence-electron chi connectivity index (χ3n) is 3.65. The average Bonchev–Trinajstić information content (AvgIpc) is 2.82. The smallest absolute Gasteiger partial charge is 0.0929 e. The Morgan fingerprint density at radius 1 is 1.50 bits per heavy atom. The molecule has 102 valence electrons. The van der Waals surface area contributed by atoms with Gasteiger partial charge in [-0.05, 0) is 26.9 Å². The zero-order valence-electron chi connectivity index (χ0n) is 11.2. The van der Waals surface area contributed by atoms with Crippen LogP contribution in [-0.2, 0) is 12.3 Å². The molecule has 1 aliphatic rings. The minimum atomic E-state index is 0.534. The van der Waals surface area contributed by atoms with Gasteiger partial charge in [-0.3, -0.25) is 0 Å². The van der Waals surface area contributed by atoms with E-state index in [2.05, 4.69) is 34.1 Å². The van der Waals surface area contributed by atoms with Crippen molar-refractivity contribution in [3.05, 3.63) is 16.1 Å². The van der Waals surface area contributed by atoms with Crippen molar-refractivity contribution >= 4 is 22.9 Å². The molecule has 2 heterocycles. The van der Waals surface area contributed by atoms with Crippen LogP contribution in [-0.4, -0.2) is 54.1 Å². The first-order valence-corrected chi connectivity index (χ1v) is 8.02. The second-order valence-electron chi connectivity index (χ2n) is 5.10. The Morgan fingerprint density at radius 2 is 2.33 bits per heavy atom. The molecule has 0 bridgehead atoms. The molecule has 1 fully saturated rings. The molecular formula is C13H22ClN3S. The summed E-state index contributed by atoms with van der Waals surface area (Å²) in [4.78, 5) is 9.50. The van der Waals surface area contributed by atoms with Crippen molar-refractivity contribution in [1.29, 1.82) is 0 Å². The molecule has 0 N–H and O–H groups in total. The van der Waals surface area contributed by atoms with Gasteiger partial charge in [-0.1, -0.05) is 0 Å². The maximum atomic E-state index is 5.76. The summed E-state index contributed by atoms with van der Waals surface area (Å²) in [5.74, 6) is 0.534. The van der Waals surface area contributed by atoms with E-state index in [4.69, 9.17) is 11.6 Å². The normalized spacial score (nSPS) is 22.5. The van der Waals surface area contributed by atoms with E-state index in [0.29, 0.717) is 11.9 Å². The van der Waals surface area contributed by atoms with E-state index in [0.717, 1.165) is 12.1 Å². The topological polar surface area (TPSA) is 19.4 Å². The summed E-state index contributed by atoms with van der Waals surface area (Å²) in [6.07, 6.45) is 2.29. The molecule has 1 saturated heterocycles. The first-order chi connectivity index (χ1) is 8.69. The molecule has 1 aliphatic heterocycles. The lowest BCUT2D eigenvalue weighted by Crippen LogP contribution is -2.50. The van der Waals surface area contributed by atoms with Gasteiger partial charge >= 0.3 is 0 Å². The van der Waals surface area contributed by atoms with Crippen LogP contribution in [0.4, 0.5) is 0 Å². The van der Waals surface area contributed by atoms with Crippen LogP contribution in [0.3, 0.4) is 0 Å². The van der Waals surface area contributed by atoms with Crippen LogP contribution in [0.5, 0.6) is 0 Å². The Morgan fingerprint density at radius 3 is 3.00 bits per heavy atom. The fourth-order valence-electron chi connectivity index (χ4n) is 2.31. The summed E-state index contributed by atoms with van der Waals surface area (Å²) in [6, 6.07) is 0.682. The van der Waals surface area contributed by atoms with Crippen LogP contribution in [0.25, 0.3) is 0 Å². The number of halogens is 1. The Kier molecular flexibility index (Phi) is 5.42. The summed E-state index contributed by atoms with van der Waals surface area (Å²) in [6.45, 7) is 7.08. The lowest BCUT2D eigenvalue weighted by atomic mass is 10.2. The maximum absolute atomic E-state index is 5.76. The molecule has 1 aromatic heterocycles. The molecule has 0 aliphatic carbocycles. The third kappa shape index (κ3) is 3.92. The van der Waals surface area contributed by atoms with Gasteiger partial charge in [-0.25, -0.2) is 4.98 Å². The minimum Gasteiger partial charge on any atom is -0.301 e. The van der Waals surface area contributed by atoms with Gasteiger partial charge in [-0.2, -0.15) is 0 Å². The number of alkyl halides is 1. The maximum Gasteiger partial charge on any atom is 0.0929 e. The van der Waals surface area contributed by atoms with Gasteiger partial charge in [0.15, 0.2) is 0 Å². The number of likely N-dealkylation sites (N-methyl/N-ethyl adjacent to an activating group) is 1. The highest BCUT2D eigenvalue weighted by molar-refractivity contribution is 7.09. The molecule has 0 amide bonds. The van der Waals surface area contributed by atoms with Crippen molar-refractivity contribution in [2.24, 2.45) is 0 Å². The second kappa shape index (κ2) is 6.85. The van der Waals surface area contributed by atoms with Crippen molar-refractivity contribution < 1.29 is 0 Å². The zero-order chi connectivity index (χ0) is 13.0. The monoisotopic (exact) mass is 287 g/mol. The first kappa shape index (κ1) is 14.3. The highest BCUT2D eigenvalue weighted by Gasteiger charge is 2.19. The Bertz CT molecular complexity index is 369. The average molecular weight is 288 g/mol. The molecule has 1 unspecified atom stereocenters. The molecule has 18 heavy (non-hydrogen) atoms. The predicted molar refractivity (Wildman–Crippen MR) is 78.5 cm³/mol. The molecule has 2 rings (SSSR count). The fraction of sp³-hybridized carbons (Fsp3) is 0.769. The third-order valence-corrected chi connectivity index (χ3v) is 4.88. The van der Waals surface area contributed by atoms with Crippen LogP contribution < -0.4 is 0 Å². The lowest BCUT2D eigenvalue weighted by Gasteiger charge is -2.37. The molecule has 0 radical (unpaired) electrons. The van der Waals surface area contributed by atoms with E-state index in [1.165, 1.54) is 37.6 Å². The van der Waals surface area contributed by atoms with E-state index in [1.807, 2.05) is 0 Å². The lowest BCUT2D eigenvalue weighted by molar-refractivity contribution is 0.104. The number of hydrogen-bond donors (Lipinski definition) is 0. The molecule has 1 atom stereocenters. The van der Waals surface area contributed by atoms with Crippen LogP contribution in [0, 0.1) is 0 Å². The zero-order valence-corrected chi connectivity index (χ0v) is 12.8. The number of aromatic nitrogens is 1. The summed E-state index contributed by atoms with van der Waals surface area (Å²) in [7, 11) is 2.21. The Balaban J connectivity index is 1.69. The van der Waals surface area contributed by atoms with Gasteiger partial charge in [0.05, 0.1) is 16.6 Å². The molecule has 0 spiro atoms. The Hall–Kier alpha value is -0.160. The van der Waals surface area contributed by atoms with Crippen LogP contribution in [0.15, 0.2) is 5.38 Å². The van der Waals surface area contributed by atoms with Crippen LogP contribution in [0.1, 0.15) is 24.0 Å². The molecular weight excluding hydrogens is 266 g/mol. The van der Waals surface area contributed by atoms with Gasteiger partial charge in [0, 0.05) is 37.5 Å². The molecule has 5 heteroatoms. The molecule has 3 nitrogen and oxygen atoms in total. The number of rotatable bonds is 5. The van der Waals surface area contributed by atoms with Crippen molar-refractivity contribution in [2.45, 2.75) is 31.7 Å². The van der Waals surface area contributed by atoms with E-state index in [1.54, 1.807) is 11.3 Å². The van der Waals surface area contributed by atoms with Crippen molar-refractivity contribution in [3.8, 4) is 0 Å². The van der Waals surface area contributed by atoms with Gasteiger partial charge in [0.2, 0.25) is 0 Å². The number of aryl methyl sites for hydroxylation is 1. The highest BCUT2D eigenvalue weighted by atomic mass is 35.5. The van der Waals surface area contributed by atoms with Crippen molar-refractivity contribution in [1.82, 2.24) is 14.8 Å². The van der Waals surface area contributed by atoms with Crippen molar-refractivity contribution in [3.63, 3.8) is 0 Å². The van der Waals surface area contributed by atoms with Crippen LogP contribution in [0.2, 0.25) is 0 Å².